The number of hydrogen-bond acceptors (Lipinski definition) is 16. The summed E-state index contributed by atoms with van der Waals surface area (Å²) >= 11 is 0. The van der Waals surface area contributed by atoms with E-state index in [1.54, 1.807) is 86.9 Å². The third kappa shape index (κ3) is 25.1. The van der Waals surface area contributed by atoms with Gasteiger partial charge < -0.3 is 102 Å². The Balaban J connectivity index is 1.15. The van der Waals surface area contributed by atoms with E-state index in [0.717, 1.165) is 10.9 Å². The molecule has 108 heavy (non-hydrogen) atoms. The normalized spacial score (nSPS) is 16.7. The number of aliphatic carboxylic acids is 1. The number of amides is 12. The van der Waals surface area contributed by atoms with Crippen molar-refractivity contribution in [3.63, 3.8) is 0 Å². The van der Waals surface area contributed by atoms with E-state index in [2.05, 4.69) is 57.5 Å². The largest absolute Gasteiger partial charge is 0.480 e. The molecule has 0 aliphatic carbocycles. The Hall–Kier alpha value is -11.0. The standard InChI is InChI=1S/C75H107N19O14/c1-42(2)35-55(66(99)92-59(74(107)108)36-43(3)4)88-68(101)58(39-46-41-84-51-23-11-9-20-48(46)51)91-67(100)56(37-44-17-6-5-7-18-44)89-69(102)57(38-45-40-83-50-22-10-8-19-47(45)50)90-65(98)52(27-29-62(78)95)85-64(97)53(28-30-63(79)96)86-70(103)61-26-16-34-94(61)73(106)54(24-12-13-31-76)87-71(104)60-25-15-33-93(60)72(105)49(77)21-14-32-82-75(80)81/h5-11,17-20,22-23,40-43,49,52-61,83-84H,12-16,21,24-39,76-77H2,1-4H3,(H2,78,95)(H2,79,96)(H,85,97)(H,86,103)(H,87,104)(H,88,101)(H,89,102)(H,90,98)(H,91,100)(H,92,99)(H,107,108)(H4,80,81,82)/t49-,52+,53+,54+,55+,56+,57-,58-,59+,60-,61+/m1/s1. The Morgan fingerprint density at radius 2 is 0.898 bits per heavy atom. The van der Waals surface area contributed by atoms with Crippen molar-refractivity contribution in [1.82, 2.24) is 62.3 Å². The molecule has 586 valence electrons. The zero-order valence-corrected chi connectivity index (χ0v) is 61.8. The number of carboxylic acids is 1. The van der Waals surface area contributed by atoms with E-state index in [-0.39, 0.29) is 95.3 Å². The predicted octanol–water partition coefficient (Wildman–Crippen LogP) is -0.245. The first-order valence-electron chi connectivity index (χ1n) is 37.0. The third-order valence-corrected chi connectivity index (χ3v) is 19.2. The highest BCUT2D eigenvalue weighted by molar-refractivity contribution is 6.00. The van der Waals surface area contributed by atoms with Gasteiger partial charge in [0, 0.05) is 85.9 Å². The summed E-state index contributed by atoms with van der Waals surface area (Å²) in [4.78, 5) is 197. The second kappa shape index (κ2) is 41.2. The van der Waals surface area contributed by atoms with Crippen LogP contribution in [-0.4, -0.2) is 200 Å². The van der Waals surface area contributed by atoms with Crippen LogP contribution in [0.15, 0.2) is 96.2 Å². The highest BCUT2D eigenvalue weighted by atomic mass is 16.4. The quantitative estimate of drug-likeness (QED) is 0.0136. The van der Waals surface area contributed by atoms with Gasteiger partial charge in [-0.15, -0.1) is 0 Å². The average Bonchev–Trinajstić information content (AvgIpc) is 1.62. The van der Waals surface area contributed by atoms with Crippen LogP contribution in [-0.2, 0) is 81.6 Å². The number of fused-ring (bicyclic) bond motifs is 2. The summed E-state index contributed by atoms with van der Waals surface area (Å²) in [6.45, 7) is 8.08. The van der Waals surface area contributed by atoms with Crippen molar-refractivity contribution in [1.29, 1.82) is 0 Å². The lowest BCUT2D eigenvalue weighted by Crippen LogP contribution is -2.61. The van der Waals surface area contributed by atoms with E-state index in [0.29, 0.717) is 66.1 Å². The summed E-state index contributed by atoms with van der Waals surface area (Å²) in [5.74, 6) is -11.4. The fourth-order valence-corrected chi connectivity index (χ4v) is 13.6. The van der Waals surface area contributed by atoms with E-state index in [1.165, 1.54) is 9.80 Å². The topological polar surface area (TPSA) is 545 Å². The number of carbonyl (C=O) groups excluding carboxylic acids is 12. The van der Waals surface area contributed by atoms with Gasteiger partial charge in [0.2, 0.25) is 70.9 Å². The van der Waals surface area contributed by atoms with E-state index < -0.39 is 169 Å². The third-order valence-electron chi connectivity index (χ3n) is 19.2. The van der Waals surface area contributed by atoms with Gasteiger partial charge in [-0.1, -0.05) is 94.4 Å². The summed E-state index contributed by atoms with van der Waals surface area (Å²) in [5, 5.41) is 33.3. The second-order valence-electron chi connectivity index (χ2n) is 28.6. The van der Waals surface area contributed by atoms with Gasteiger partial charge in [0.05, 0.1) is 6.04 Å². The lowest BCUT2D eigenvalue weighted by molar-refractivity contribution is -0.144. The molecule has 3 aromatic carbocycles. The molecular formula is C75H107N19O14. The molecule has 2 fully saturated rings. The van der Waals surface area contributed by atoms with Crippen molar-refractivity contribution in [2.75, 3.05) is 26.2 Å². The Morgan fingerprint density at radius 3 is 1.38 bits per heavy atom. The summed E-state index contributed by atoms with van der Waals surface area (Å²) in [5.41, 5.74) is 37.3. The number of nitrogens with two attached hydrogens (primary N) is 6. The molecule has 4 heterocycles. The number of guanidine groups is 1. The van der Waals surface area contributed by atoms with Crippen LogP contribution in [0.4, 0.5) is 0 Å². The molecule has 2 aliphatic heterocycles. The molecule has 5 aromatic rings. The van der Waals surface area contributed by atoms with Crippen LogP contribution in [0.25, 0.3) is 21.8 Å². The van der Waals surface area contributed by atoms with Gasteiger partial charge in [0.1, 0.15) is 60.4 Å². The van der Waals surface area contributed by atoms with E-state index >= 15 is 14.4 Å². The van der Waals surface area contributed by atoms with Crippen LogP contribution in [0.5, 0.6) is 0 Å². The van der Waals surface area contributed by atoms with Gasteiger partial charge >= 0.3 is 5.97 Å². The molecule has 0 unspecified atom stereocenters. The number of carbonyl (C=O) groups is 13. The first-order valence-corrected chi connectivity index (χ1v) is 37.0. The number of primary amides is 2. The summed E-state index contributed by atoms with van der Waals surface area (Å²) in [6, 6.07) is 8.22. The molecule has 0 saturated carbocycles. The van der Waals surface area contributed by atoms with E-state index in [9.17, 15) is 53.1 Å². The number of aromatic nitrogens is 2. The fourth-order valence-electron chi connectivity index (χ4n) is 13.6. The molecule has 12 amide bonds. The zero-order valence-electron chi connectivity index (χ0n) is 61.8. The molecule has 23 N–H and O–H groups in total. The first-order chi connectivity index (χ1) is 51.5. The van der Waals surface area contributed by atoms with Crippen LogP contribution in [0.2, 0.25) is 0 Å². The molecule has 33 nitrogen and oxygen atoms in total. The Kier molecular flexibility index (Phi) is 32.2. The minimum absolute atomic E-state index is 0.0586. The molecule has 11 atom stereocenters. The molecule has 0 spiro atoms. The maximum Gasteiger partial charge on any atom is 0.326 e. The highest BCUT2D eigenvalue weighted by Crippen LogP contribution is 2.26. The maximum absolute atomic E-state index is 15.4. The molecular weight excluding hydrogens is 1390 g/mol. The highest BCUT2D eigenvalue weighted by Gasteiger charge is 2.43. The second-order valence-corrected chi connectivity index (χ2v) is 28.6. The molecule has 2 aliphatic rings. The number of rotatable bonds is 43. The maximum atomic E-state index is 15.4. The van der Waals surface area contributed by atoms with Crippen molar-refractivity contribution < 1.29 is 67.4 Å². The van der Waals surface area contributed by atoms with Gasteiger partial charge in [-0.2, -0.15) is 0 Å². The number of para-hydroxylation sites is 2. The minimum Gasteiger partial charge on any atom is -0.480 e. The fraction of sp³-hybridized carbons (Fsp3) is 0.520. The van der Waals surface area contributed by atoms with Crippen LogP contribution in [0.3, 0.4) is 0 Å². The lowest BCUT2D eigenvalue weighted by Gasteiger charge is -2.32. The summed E-state index contributed by atoms with van der Waals surface area (Å²) in [6.07, 6.45) is 3.86. The number of nitrogens with one attached hydrogen (secondary N) is 10. The summed E-state index contributed by atoms with van der Waals surface area (Å²) in [7, 11) is 0. The number of benzene rings is 3. The molecule has 33 heteroatoms. The van der Waals surface area contributed by atoms with E-state index in [4.69, 9.17) is 34.4 Å². The SMILES string of the molecule is CC(C)C[C@H](NC(=O)[C@H](CC(C)C)NC(=O)[C@@H](Cc1c[nH]c2ccccc12)NC(=O)[C@H](Cc1ccccc1)NC(=O)[C@@H](Cc1c[nH]c2ccccc12)NC(=O)[C@H](CCC(N)=O)NC(=O)[C@H](CCC(N)=O)NC(=O)[C@@H]1CCCN1C(=O)[C@H](CCCCN)NC(=O)[C@H]1CCCN1C(=O)[C@H](N)CCCN=C(N)N)C(=O)O. The van der Waals surface area contributed by atoms with Gasteiger partial charge in [0.25, 0.3) is 0 Å². The van der Waals surface area contributed by atoms with Crippen LogP contribution in [0, 0.1) is 11.8 Å². The van der Waals surface area contributed by atoms with Crippen molar-refractivity contribution in [2.45, 2.75) is 210 Å². The van der Waals surface area contributed by atoms with Gasteiger partial charge in [-0.05, 0) is 131 Å². The van der Waals surface area contributed by atoms with Gasteiger partial charge in [-0.3, -0.25) is 62.5 Å². The Bertz CT molecular complexity index is 3990. The number of hydrogen-bond donors (Lipinski definition) is 17. The van der Waals surface area contributed by atoms with Gasteiger partial charge in [-0.25, -0.2) is 4.79 Å². The minimum atomic E-state index is -1.70. The Labute approximate surface area is 626 Å². The number of H-pyrrole nitrogens is 2. The van der Waals surface area contributed by atoms with Crippen LogP contribution >= 0.6 is 0 Å². The molecule has 0 radical (unpaired) electrons. The van der Waals surface area contributed by atoms with Crippen molar-refractivity contribution in [3.8, 4) is 0 Å². The number of likely N-dealkylation sites (tertiary alicyclic amines) is 2. The zero-order chi connectivity index (χ0) is 78.7. The molecule has 2 aromatic heterocycles. The Morgan fingerprint density at radius 1 is 0.481 bits per heavy atom. The van der Waals surface area contributed by atoms with Crippen LogP contribution < -0.4 is 76.9 Å². The van der Waals surface area contributed by atoms with Gasteiger partial charge in [0.15, 0.2) is 5.96 Å². The average molecular weight is 1500 g/mol. The van der Waals surface area contributed by atoms with Crippen LogP contribution in [0.1, 0.15) is 141 Å². The smallest absolute Gasteiger partial charge is 0.326 e. The monoisotopic (exact) mass is 1500 g/mol. The lowest BCUT2D eigenvalue weighted by atomic mass is 9.98. The molecule has 2 saturated heterocycles. The van der Waals surface area contributed by atoms with Crippen molar-refractivity contribution >= 4 is 105 Å². The predicted molar refractivity (Wildman–Crippen MR) is 403 cm³/mol. The number of nitrogens with zero attached hydrogens (tertiary/aromatic N) is 3. The van der Waals surface area contributed by atoms with Crippen molar-refractivity contribution in [3.05, 3.63) is 108 Å². The van der Waals surface area contributed by atoms with Crippen molar-refractivity contribution in [2.24, 2.45) is 51.2 Å². The number of aromatic amines is 2. The number of unbranched alkanes of at least 4 members (excludes halogenated alkanes) is 1. The first kappa shape index (κ1) is 84.3. The molecule has 7 rings (SSSR count). The number of aliphatic imine (C=N–C) groups is 1. The molecule has 0 bridgehead atoms. The summed E-state index contributed by atoms with van der Waals surface area (Å²) < 4.78 is 0. The van der Waals surface area contributed by atoms with E-state index in [1.807, 2.05) is 32.0 Å². The number of carboxylic acid groups (broad SMARTS) is 1.